The Bertz CT molecular complexity index is 759. The molecule has 0 atom stereocenters. The minimum Gasteiger partial charge on any atom is -0.491 e. The number of hydrogen-bond donors (Lipinski definition) is 1. The lowest BCUT2D eigenvalue weighted by atomic mass is 10.2. The summed E-state index contributed by atoms with van der Waals surface area (Å²) in [5.41, 5.74) is -0.611. The predicted molar refractivity (Wildman–Crippen MR) is 85.8 cm³/mol. The Labute approximate surface area is 143 Å². The van der Waals surface area contributed by atoms with E-state index in [-0.39, 0.29) is 11.8 Å². The van der Waals surface area contributed by atoms with Gasteiger partial charge in [-0.2, -0.15) is 0 Å². The number of halogens is 2. The summed E-state index contributed by atoms with van der Waals surface area (Å²) in [4.78, 5) is 19.6. The van der Waals surface area contributed by atoms with Gasteiger partial charge in [0.15, 0.2) is 23.1 Å². The third-order valence-corrected chi connectivity index (χ3v) is 3.97. The molecule has 1 N–H and O–H groups in total. The van der Waals surface area contributed by atoms with Crippen molar-refractivity contribution >= 4 is 11.6 Å². The minimum atomic E-state index is -0.968. The van der Waals surface area contributed by atoms with Crippen molar-refractivity contribution in [3.63, 3.8) is 0 Å². The van der Waals surface area contributed by atoms with Gasteiger partial charge in [0.1, 0.15) is 11.4 Å². The Morgan fingerprint density at radius 2 is 1.84 bits per heavy atom. The first-order chi connectivity index (χ1) is 12.1. The van der Waals surface area contributed by atoms with Gasteiger partial charge in [0, 0.05) is 6.07 Å². The molecular weight excluding hydrogens is 332 g/mol. The van der Waals surface area contributed by atoms with E-state index in [1.807, 2.05) is 0 Å². The largest absolute Gasteiger partial charge is 0.491 e. The molecule has 1 fully saturated rings. The summed E-state index contributed by atoms with van der Waals surface area (Å²) < 4.78 is 38.3. The normalized spacial score (nSPS) is 14.4. The first kappa shape index (κ1) is 17.1. The van der Waals surface area contributed by atoms with Crippen molar-refractivity contribution in [1.29, 1.82) is 0 Å². The lowest BCUT2D eigenvalue weighted by Gasteiger charge is -2.16. The molecule has 0 radical (unpaired) electrons. The zero-order valence-corrected chi connectivity index (χ0v) is 13.6. The van der Waals surface area contributed by atoms with Gasteiger partial charge in [0.05, 0.1) is 31.8 Å². The molecule has 1 aliphatic rings. The van der Waals surface area contributed by atoms with E-state index >= 15 is 0 Å². The number of methoxy groups -OCH3 is 1. The summed E-state index contributed by atoms with van der Waals surface area (Å²) in [7, 11) is 1.47. The summed E-state index contributed by atoms with van der Waals surface area (Å²) in [6.45, 7) is 0. The van der Waals surface area contributed by atoms with Gasteiger partial charge in [-0.15, -0.1) is 0 Å². The number of hydrogen-bond acceptors (Lipinski definition) is 5. The number of anilines is 1. The van der Waals surface area contributed by atoms with Gasteiger partial charge < -0.3 is 14.8 Å². The maximum atomic E-state index is 13.6. The molecule has 0 unspecified atom stereocenters. The van der Waals surface area contributed by atoms with Crippen LogP contribution < -0.4 is 14.8 Å². The third-order valence-electron chi connectivity index (χ3n) is 3.97. The van der Waals surface area contributed by atoms with E-state index in [4.69, 9.17) is 9.47 Å². The van der Waals surface area contributed by atoms with E-state index in [1.54, 1.807) is 0 Å². The summed E-state index contributed by atoms with van der Waals surface area (Å²) in [6.07, 6.45) is 7.07. The molecule has 0 aliphatic heterocycles. The Morgan fingerprint density at radius 1 is 1.16 bits per heavy atom. The number of pyridine rings is 2. The highest BCUT2D eigenvalue weighted by Crippen LogP contribution is 2.31. The summed E-state index contributed by atoms with van der Waals surface area (Å²) in [5, 5.41) is 2.17. The number of nitrogens with one attached hydrogen (secondary N) is 1. The van der Waals surface area contributed by atoms with Crippen LogP contribution in [0.4, 0.5) is 14.5 Å². The van der Waals surface area contributed by atoms with E-state index in [2.05, 4.69) is 15.3 Å². The van der Waals surface area contributed by atoms with E-state index in [1.165, 1.54) is 19.4 Å². The van der Waals surface area contributed by atoms with Crippen molar-refractivity contribution < 1.29 is 23.0 Å². The number of nitrogens with zero attached hydrogens (tertiary/aromatic N) is 2. The van der Waals surface area contributed by atoms with Crippen LogP contribution in [-0.4, -0.2) is 29.1 Å². The van der Waals surface area contributed by atoms with Crippen molar-refractivity contribution in [3.8, 4) is 11.5 Å². The molecule has 8 heteroatoms. The first-order valence-corrected chi connectivity index (χ1v) is 7.89. The lowest BCUT2D eigenvalue weighted by molar-refractivity contribution is 0.102. The van der Waals surface area contributed by atoms with Crippen LogP contribution in [0.15, 0.2) is 24.7 Å². The molecule has 0 spiro atoms. The third kappa shape index (κ3) is 3.84. The molecule has 1 saturated carbocycles. The average molecular weight is 349 g/mol. The highest BCUT2D eigenvalue weighted by Gasteiger charge is 2.21. The molecular formula is C17H17F2N3O3. The quantitative estimate of drug-likeness (QED) is 0.896. The first-order valence-electron chi connectivity index (χ1n) is 7.89. The van der Waals surface area contributed by atoms with Crippen LogP contribution in [0.25, 0.3) is 0 Å². The second-order valence-electron chi connectivity index (χ2n) is 5.68. The monoisotopic (exact) mass is 349 g/mol. The molecule has 0 saturated heterocycles. The van der Waals surface area contributed by atoms with Gasteiger partial charge in [0.2, 0.25) is 0 Å². The maximum Gasteiger partial charge on any atom is 0.274 e. The molecule has 6 nitrogen and oxygen atoms in total. The molecule has 2 aromatic heterocycles. The molecule has 2 heterocycles. The van der Waals surface area contributed by atoms with Gasteiger partial charge in [0.25, 0.3) is 5.91 Å². The Morgan fingerprint density at radius 3 is 2.48 bits per heavy atom. The Kier molecular flexibility index (Phi) is 5.06. The highest BCUT2D eigenvalue weighted by molar-refractivity contribution is 6.03. The van der Waals surface area contributed by atoms with Crippen LogP contribution >= 0.6 is 0 Å². The molecule has 25 heavy (non-hydrogen) atoms. The van der Waals surface area contributed by atoms with Crippen LogP contribution in [0, 0.1) is 11.6 Å². The molecule has 0 bridgehead atoms. The Balaban J connectivity index is 1.82. The number of carbonyl (C=O) groups excluding carboxylic acids is 1. The number of amides is 1. The van der Waals surface area contributed by atoms with Crippen molar-refractivity contribution in [2.24, 2.45) is 0 Å². The molecule has 1 aliphatic carbocycles. The molecule has 0 aromatic carbocycles. The number of rotatable bonds is 5. The van der Waals surface area contributed by atoms with Crippen molar-refractivity contribution in [2.75, 3.05) is 12.4 Å². The van der Waals surface area contributed by atoms with Gasteiger partial charge in [-0.25, -0.2) is 13.8 Å². The molecule has 2 aromatic rings. The number of aromatic nitrogens is 2. The zero-order chi connectivity index (χ0) is 17.8. The summed E-state index contributed by atoms with van der Waals surface area (Å²) in [6, 6.07) is 1.41. The van der Waals surface area contributed by atoms with Gasteiger partial charge >= 0.3 is 0 Å². The smallest absolute Gasteiger partial charge is 0.274 e. The van der Waals surface area contributed by atoms with E-state index in [0.29, 0.717) is 11.5 Å². The van der Waals surface area contributed by atoms with Crippen molar-refractivity contribution in [3.05, 3.63) is 42.0 Å². The standard InChI is InChI=1S/C17H17F2N3O3/c1-24-15-9-21-13(6-14(15)25-10-4-2-3-5-10)17(23)22-16-11(18)7-20-8-12(16)19/h6-10H,2-5H2,1H3,(H,20,22,23). The SMILES string of the molecule is COc1cnc(C(=O)Nc2c(F)cncc2F)cc1OC1CCCC1. The maximum absolute atomic E-state index is 13.6. The van der Waals surface area contributed by atoms with E-state index in [9.17, 15) is 13.6 Å². The second kappa shape index (κ2) is 7.42. The number of carbonyl (C=O) groups is 1. The lowest BCUT2D eigenvalue weighted by Crippen LogP contribution is -2.17. The van der Waals surface area contributed by atoms with Crippen LogP contribution in [0.1, 0.15) is 36.2 Å². The molecule has 1 amide bonds. The Hall–Kier alpha value is -2.77. The summed E-state index contributed by atoms with van der Waals surface area (Å²) in [5.74, 6) is -1.92. The second-order valence-corrected chi connectivity index (χ2v) is 5.68. The summed E-state index contributed by atoms with van der Waals surface area (Å²) >= 11 is 0. The molecule has 3 rings (SSSR count). The number of ether oxygens (including phenoxy) is 2. The molecule has 132 valence electrons. The average Bonchev–Trinajstić information content (AvgIpc) is 3.11. The van der Waals surface area contributed by atoms with Crippen molar-refractivity contribution in [1.82, 2.24) is 9.97 Å². The van der Waals surface area contributed by atoms with E-state index < -0.39 is 23.2 Å². The van der Waals surface area contributed by atoms with Crippen LogP contribution in [0.2, 0.25) is 0 Å². The van der Waals surface area contributed by atoms with Gasteiger partial charge in [-0.05, 0) is 25.7 Å². The van der Waals surface area contributed by atoms with Gasteiger partial charge in [-0.1, -0.05) is 0 Å². The van der Waals surface area contributed by atoms with Crippen LogP contribution in [-0.2, 0) is 0 Å². The van der Waals surface area contributed by atoms with Crippen LogP contribution in [0.3, 0.4) is 0 Å². The topological polar surface area (TPSA) is 73.3 Å². The van der Waals surface area contributed by atoms with E-state index in [0.717, 1.165) is 38.1 Å². The van der Waals surface area contributed by atoms with Crippen LogP contribution in [0.5, 0.6) is 11.5 Å². The fraction of sp³-hybridized carbons (Fsp3) is 0.353. The van der Waals surface area contributed by atoms with Gasteiger partial charge in [-0.3, -0.25) is 9.78 Å². The highest BCUT2D eigenvalue weighted by atomic mass is 19.1. The predicted octanol–water partition coefficient (Wildman–Crippen LogP) is 3.34. The fourth-order valence-electron chi connectivity index (χ4n) is 2.69. The van der Waals surface area contributed by atoms with Crippen molar-refractivity contribution in [2.45, 2.75) is 31.8 Å². The zero-order valence-electron chi connectivity index (χ0n) is 13.6. The fourth-order valence-corrected chi connectivity index (χ4v) is 2.69. The minimum absolute atomic E-state index is 0.0376.